The van der Waals surface area contributed by atoms with Gasteiger partial charge in [-0.15, -0.1) is 0 Å². The first-order chi connectivity index (χ1) is 13.9. The number of carbonyl (C=O) groups is 2. The molecule has 1 aromatic heterocycles. The van der Waals surface area contributed by atoms with Crippen LogP contribution in [0.1, 0.15) is 42.2 Å². The van der Waals surface area contributed by atoms with E-state index in [1.165, 1.54) is 0 Å². The van der Waals surface area contributed by atoms with Crippen LogP contribution in [0.15, 0.2) is 47.3 Å². The summed E-state index contributed by atoms with van der Waals surface area (Å²) in [6.45, 7) is 5.53. The predicted octanol–water partition coefficient (Wildman–Crippen LogP) is 2.64. The summed E-state index contributed by atoms with van der Waals surface area (Å²) in [4.78, 5) is 39.7. The molecular weight excluding hydrogens is 368 g/mol. The molecule has 3 heterocycles. The molecule has 0 radical (unpaired) electrons. The quantitative estimate of drug-likeness (QED) is 0.839. The first-order valence-corrected chi connectivity index (χ1v) is 10.1. The van der Waals surface area contributed by atoms with Crippen molar-refractivity contribution in [1.82, 2.24) is 14.8 Å². The molecular formula is C22H26N4O3. The maximum Gasteiger partial charge on any atom is 0.319 e. The Morgan fingerprint density at radius 1 is 1.03 bits per heavy atom. The highest BCUT2D eigenvalue weighted by molar-refractivity contribution is 5.94. The van der Waals surface area contributed by atoms with E-state index in [0.717, 1.165) is 12.1 Å². The number of benzene rings is 1. The van der Waals surface area contributed by atoms with E-state index in [1.54, 1.807) is 10.6 Å². The van der Waals surface area contributed by atoms with Gasteiger partial charge < -0.3 is 20.1 Å². The topological polar surface area (TPSA) is 83.4 Å². The molecule has 2 bridgehead atoms. The van der Waals surface area contributed by atoms with Crippen molar-refractivity contribution < 1.29 is 9.59 Å². The second-order valence-electron chi connectivity index (χ2n) is 8.22. The number of anilines is 1. The van der Waals surface area contributed by atoms with Crippen molar-refractivity contribution in [2.75, 3.05) is 18.4 Å². The number of carbonyl (C=O) groups excluding carboxylic acids is 2. The maximum absolute atomic E-state index is 12.9. The largest absolute Gasteiger partial charge is 0.338 e. The van der Waals surface area contributed by atoms with Gasteiger partial charge in [0.05, 0.1) is 0 Å². The van der Waals surface area contributed by atoms with Crippen molar-refractivity contribution in [3.05, 3.63) is 64.1 Å². The number of nitrogens with one attached hydrogen (secondary N) is 2. The van der Waals surface area contributed by atoms with E-state index in [0.29, 0.717) is 25.2 Å². The first kappa shape index (κ1) is 19.2. The summed E-state index contributed by atoms with van der Waals surface area (Å²) >= 11 is 0. The third-order valence-corrected chi connectivity index (χ3v) is 5.58. The van der Waals surface area contributed by atoms with Gasteiger partial charge in [-0.25, -0.2) is 4.79 Å². The number of piperidine rings is 1. The number of rotatable bonds is 3. The van der Waals surface area contributed by atoms with Crippen LogP contribution in [0.3, 0.4) is 0 Å². The number of hydrogen-bond donors (Lipinski definition) is 2. The molecule has 3 amide bonds. The number of urea groups is 1. The van der Waals surface area contributed by atoms with Gasteiger partial charge in [-0.3, -0.25) is 9.59 Å². The van der Waals surface area contributed by atoms with Gasteiger partial charge in [-0.05, 0) is 50.5 Å². The molecule has 29 heavy (non-hydrogen) atoms. The molecule has 0 spiro atoms. The second kappa shape index (κ2) is 7.73. The van der Waals surface area contributed by atoms with Crippen molar-refractivity contribution in [3.8, 4) is 0 Å². The van der Waals surface area contributed by atoms with Crippen LogP contribution >= 0.6 is 0 Å². The van der Waals surface area contributed by atoms with E-state index in [4.69, 9.17) is 0 Å². The van der Waals surface area contributed by atoms with Gasteiger partial charge in [0.15, 0.2) is 0 Å². The first-order valence-electron chi connectivity index (χ1n) is 10.1. The monoisotopic (exact) mass is 394 g/mol. The van der Waals surface area contributed by atoms with Crippen molar-refractivity contribution in [3.63, 3.8) is 0 Å². The van der Waals surface area contributed by atoms with Crippen molar-refractivity contribution in [2.45, 2.75) is 38.8 Å². The number of nitrogens with zero attached hydrogens (tertiary/aromatic N) is 2. The smallest absolute Gasteiger partial charge is 0.319 e. The molecule has 2 atom stereocenters. The molecule has 0 aliphatic carbocycles. The lowest BCUT2D eigenvalue weighted by atomic mass is 9.83. The standard InChI is InChI=1S/C22H26N4O3/c1-14(2)23-22(29)24-18-8-9-19-17-10-15(12-26(19)21(18)28)11-25(13-17)20(27)16-6-4-3-5-7-16/h3-9,14-15,17H,10-13H2,1-2H3,(H2,23,24,29). The maximum atomic E-state index is 12.9. The lowest BCUT2D eigenvalue weighted by Crippen LogP contribution is -2.49. The zero-order valence-corrected chi connectivity index (χ0v) is 16.7. The van der Waals surface area contributed by atoms with Gasteiger partial charge in [0.2, 0.25) is 0 Å². The molecule has 1 aromatic carbocycles. The minimum atomic E-state index is -0.381. The van der Waals surface area contributed by atoms with E-state index < -0.39 is 0 Å². The molecule has 2 unspecified atom stereocenters. The van der Waals surface area contributed by atoms with Gasteiger partial charge in [0.1, 0.15) is 5.69 Å². The third kappa shape index (κ3) is 3.90. The van der Waals surface area contributed by atoms with Crippen LogP contribution in [0.2, 0.25) is 0 Å². The Hall–Kier alpha value is -3.09. The number of likely N-dealkylation sites (tertiary alicyclic amines) is 1. The van der Waals surface area contributed by atoms with Crippen molar-refractivity contribution >= 4 is 17.6 Å². The molecule has 0 saturated carbocycles. The molecule has 1 saturated heterocycles. The van der Waals surface area contributed by atoms with Gasteiger partial charge in [-0.2, -0.15) is 0 Å². The summed E-state index contributed by atoms with van der Waals surface area (Å²) in [5.41, 5.74) is 1.73. The minimum Gasteiger partial charge on any atom is -0.338 e. The Morgan fingerprint density at radius 2 is 1.79 bits per heavy atom. The SMILES string of the molecule is CC(C)NC(=O)Nc1ccc2n(c1=O)CC1CC2CN(C(=O)c2ccccc2)C1. The highest BCUT2D eigenvalue weighted by Gasteiger charge is 2.37. The predicted molar refractivity (Wildman–Crippen MR) is 111 cm³/mol. The second-order valence-corrected chi connectivity index (χ2v) is 8.22. The fourth-order valence-electron chi connectivity index (χ4n) is 4.39. The number of hydrogen-bond acceptors (Lipinski definition) is 3. The molecule has 4 rings (SSSR count). The van der Waals surface area contributed by atoms with E-state index in [2.05, 4.69) is 10.6 Å². The van der Waals surface area contributed by atoms with E-state index in [-0.39, 0.29) is 41.1 Å². The van der Waals surface area contributed by atoms with Crippen molar-refractivity contribution in [1.29, 1.82) is 0 Å². The average Bonchev–Trinajstić information content (AvgIpc) is 2.70. The highest BCUT2D eigenvalue weighted by atomic mass is 16.2. The molecule has 7 nitrogen and oxygen atoms in total. The zero-order chi connectivity index (χ0) is 20.5. The van der Waals surface area contributed by atoms with E-state index in [1.807, 2.05) is 55.1 Å². The van der Waals surface area contributed by atoms with Crippen LogP contribution in [-0.2, 0) is 6.54 Å². The Balaban J connectivity index is 1.55. The number of amides is 3. The van der Waals surface area contributed by atoms with E-state index in [9.17, 15) is 14.4 Å². The lowest BCUT2D eigenvalue weighted by molar-refractivity contribution is 0.0594. The van der Waals surface area contributed by atoms with Crippen LogP contribution in [0.25, 0.3) is 0 Å². The number of fused-ring (bicyclic) bond motifs is 4. The molecule has 2 aliphatic heterocycles. The molecule has 7 heteroatoms. The van der Waals surface area contributed by atoms with Gasteiger partial charge in [0.25, 0.3) is 11.5 Å². The zero-order valence-electron chi connectivity index (χ0n) is 16.7. The third-order valence-electron chi connectivity index (χ3n) is 5.58. The summed E-state index contributed by atoms with van der Waals surface area (Å²) in [6, 6.07) is 12.5. The Bertz CT molecular complexity index is 983. The lowest BCUT2D eigenvalue weighted by Gasteiger charge is -2.43. The molecule has 2 N–H and O–H groups in total. The minimum absolute atomic E-state index is 0.0112. The summed E-state index contributed by atoms with van der Waals surface area (Å²) in [5.74, 6) is 0.396. The van der Waals surface area contributed by atoms with Gasteiger partial charge in [0, 0.05) is 42.9 Å². The molecule has 1 fully saturated rings. The molecule has 152 valence electrons. The van der Waals surface area contributed by atoms with Crippen LogP contribution < -0.4 is 16.2 Å². The Labute approximate surface area is 169 Å². The van der Waals surface area contributed by atoms with Crippen LogP contribution in [0.4, 0.5) is 10.5 Å². The summed E-state index contributed by atoms with van der Waals surface area (Å²) in [5, 5.41) is 5.39. The number of aromatic nitrogens is 1. The van der Waals surface area contributed by atoms with Crippen LogP contribution in [0.5, 0.6) is 0 Å². The number of pyridine rings is 1. The summed E-state index contributed by atoms with van der Waals surface area (Å²) in [7, 11) is 0. The van der Waals surface area contributed by atoms with Gasteiger partial charge in [-0.1, -0.05) is 18.2 Å². The highest BCUT2D eigenvalue weighted by Crippen LogP contribution is 2.35. The van der Waals surface area contributed by atoms with Crippen LogP contribution in [-0.4, -0.2) is 40.5 Å². The normalized spacial score (nSPS) is 20.2. The van der Waals surface area contributed by atoms with Crippen LogP contribution in [0, 0.1) is 5.92 Å². The summed E-state index contributed by atoms with van der Waals surface area (Å²) in [6.07, 6.45) is 0.971. The fourth-order valence-corrected chi connectivity index (χ4v) is 4.39. The molecule has 2 aromatic rings. The fraction of sp³-hybridized carbons (Fsp3) is 0.409. The summed E-state index contributed by atoms with van der Waals surface area (Å²) < 4.78 is 1.77. The molecule has 2 aliphatic rings. The average molecular weight is 394 g/mol. The van der Waals surface area contributed by atoms with Crippen molar-refractivity contribution in [2.24, 2.45) is 5.92 Å². The Kier molecular flexibility index (Phi) is 5.13. The Morgan fingerprint density at radius 3 is 2.52 bits per heavy atom. The van der Waals surface area contributed by atoms with Gasteiger partial charge >= 0.3 is 6.03 Å². The van der Waals surface area contributed by atoms with E-state index >= 15 is 0 Å².